The molecule has 0 saturated heterocycles. The first-order valence-electron chi connectivity index (χ1n) is 5.56. The molecule has 2 rings (SSSR count). The topological polar surface area (TPSA) is 65.2 Å². The van der Waals surface area contributed by atoms with Crippen LogP contribution in [0.1, 0.15) is 25.0 Å². The molecule has 0 aromatic carbocycles. The third kappa shape index (κ3) is 2.17. The number of nitrogens with zero attached hydrogens (tertiary/aromatic N) is 1. The molecule has 0 aliphatic rings. The van der Waals surface area contributed by atoms with Gasteiger partial charge in [-0.05, 0) is 19.0 Å². The number of hydrogen-bond acceptors (Lipinski definition) is 4. The number of nitrogens with two attached hydrogens (primary N) is 1. The molecule has 0 spiro atoms. The second-order valence-corrected chi connectivity index (χ2v) is 3.62. The van der Waals surface area contributed by atoms with Crippen LogP contribution in [0.4, 0.5) is 0 Å². The number of oxazole rings is 1. The van der Waals surface area contributed by atoms with Crippen molar-refractivity contribution in [1.82, 2.24) is 4.98 Å². The lowest BCUT2D eigenvalue weighted by Gasteiger charge is -1.95. The van der Waals surface area contributed by atoms with Crippen molar-refractivity contribution in [3.05, 3.63) is 30.2 Å². The molecular formula is C12H16N2O2. The summed E-state index contributed by atoms with van der Waals surface area (Å²) < 4.78 is 11.0. The minimum absolute atomic E-state index is 0.656. The fraction of sp³-hybridized carbons (Fsp3) is 0.417. The first-order valence-corrected chi connectivity index (χ1v) is 5.56. The standard InChI is InChI=1S/C12H16N2O2/c1-2-10-9(5-7-15-10)11-8-14-12(16-11)4-3-6-13/h5,7-8H,2-4,6,13H2,1H3. The quantitative estimate of drug-likeness (QED) is 0.840. The van der Waals surface area contributed by atoms with Gasteiger partial charge in [0.25, 0.3) is 0 Å². The maximum Gasteiger partial charge on any atom is 0.194 e. The number of aryl methyl sites for hydroxylation is 2. The summed E-state index contributed by atoms with van der Waals surface area (Å²) >= 11 is 0. The van der Waals surface area contributed by atoms with Crippen molar-refractivity contribution < 1.29 is 8.83 Å². The molecule has 4 nitrogen and oxygen atoms in total. The Bertz CT molecular complexity index is 445. The molecule has 0 unspecified atom stereocenters. The van der Waals surface area contributed by atoms with Crippen LogP contribution in [0.2, 0.25) is 0 Å². The van der Waals surface area contributed by atoms with E-state index in [0.29, 0.717) is 6.54 Å². The van der Waals surface area contributed by atoms with Crippen LogP contribution >= 0.6 is 0 Å². The molecule has 4 heteroatoms. The van der Waals surface area contributed by atoms with Gasteiger partial charge in [-0.1, -0.05) is 6.92 Å². The van der Waals surface area contributed by atoms with Gasteiger partial charge in [0.05, 0.1) is 18.0 Å². The molecule has 2 N–H and O–H groups in total. The van der Waals surface area contributed by atoms with Crippen molar-refractivity contribution in [3.8, 4) is 11.3 Å². The first-order chi connectivity index (χ1) is 7.85. The highest BCUT2D eigenvalue weighted by molar-refractivity contribution is 5.58. The number of aromatic nitrogens is 1. The minimum Gasteiger partial charge on any atom is -0.469 e. The van der Waals surface area contributed by atoms with Crippen molar-refractivity contribution >= 4 is 0 Å². The number of hydrogen-bond donors (Lipinski definition) is 1. The van der Waals surface area contributed by atoms with Gasteiger partial charge in [-0.15, -0.1) is 0 Å². The fourth-order valence-corrected chi connectivity index (χ4v) is 1.64. The molecular weight excluding hydrogens is 204 g/mol. The second-order valence-electron chi connectivity index (χ2n) is 3.62. The van der Waals surface area contributed by atoms with E-state index in [0.717, 1.165) is 42.2 Å². The normalized spacial score (nSPS) is 10.9. The summed E-state index contributed by atoms with van der Waals surface area (Å²) in [7, 11) is 0. The smallest absolute Gasteiger partial charge is 0.194 e. The van der Waals surface area contributed by atoms with E-state index in [-0.39, 0.29) is 0 Å². The highest BCUT2D eigenvalue weighted by atomic mass is 16.4. The molecule has 0 saturated carbocycles. The third-order valence-corrected chi connectivity index (χ3v) is 2.48. The van der Waals surface area contributed by atoms with Gasteiger partial charge >= 0.3 is 0 Å². The Morgan fingerprint density at radius 1 is 1.44 bits per heavy atom. The molecule has 86 valence electrons. The zero-order valence-electron chi connectivity index (χ0n) is 9.40. The number of furan rings is 1. The van der Waals surface area contributed by atoms with E-state index in [4.69, 9.17) is 14.6 Å². The van der Waals surface area contributed by atoms with E-state index in [9.17, 15) is 0 Å². The molecule has 0 aliphatic heterocycles. The van der Waals surface area contributed by atoms with Crippen LogP contribution in [0, 0.1) is 0 Å². The lowest BCUT2D eigenvalue weighted by atomic mass is 10.2. The van der Waals surface area contributed by atoms with Gasteiger partial charge in [0, 0.05) is 12.8 Å². The molecule has 0 radical (unpaired) electrons. The number of rotatable bonds is 5. The van der Waals surface area contributed by atoms with Crippen LogP contribution in [0.5, 0.6) is 0 Å². The van der Waals surface area contributed by atoms with Gasteiger partial charge in [-0.2, -0.15) is 0 Å². The Hall–Kier alpha value is -1.55. The van der Waals surface area contributed by atoms with Crippen molar-refractivity contribution in [1.29, 1.82) is 0 Å². The van der Waals surface area contributed by atoms with Gasteiger partial charge < -0.3 is 14.6 Å². The predicted octanol–water partition coefficient (Wildman–Crippen LogP) is 2.39. The van der Waals surface area contributed by atoms with Gasteiger partial charge in [0.15, 0.2) is 11.7 Å². The summed E-state index contributed by atoms with van der Waals surface area (Å²) in [5.41, 5.74) is 6.43. The lowest BCUT2D eigenvalue weighted by Crippen LogP contribution is -2.00. The molecule has 0 amide bonds. The van der Waals surface area contributed by atoms with E-state index in [2.05, 4.69) is 4.98 Å². The highest BCUT2D eigenvalue weighted by Gasteiger charge is 2.11. The molecule has 0 aliphatic carbocycles. The predicted molar refractivity (Wildman–Crippen MR) is 61.0 cm³/mol. The van der Waals surface area contributed by atoms with Gasteiger partial charge in [-0.25, -0.2) is 4.98 Å². The summed E-state index contributed by atoms with van der Waals surface area (Å²) in [5.74, 6) is 2.45. The fourth-order valence-electron chi connectivity index (χ4n) is 1.64. The molecule has 2 heterocycles. The average molecular weight is 220 g/mol. The summed E-state index contributed by atoms with van der Waals surface area (Å²) in [6, 6.07) is 1.91. The third-order valence-electron chi connectivity index (χ3n) is 2.48. The van der Waals surface area contributed by atoms with Crippen molar-refractivity contribution in [2.45, 2.75) is 26.2 Å². The Morgan fingerprint density at radius 3 is 3.06 bits per heavy atom. The van der Waals surface area contributed by atoms with E-state index in [1.165, 1.54) is 0 Å². The molecule has 0 fully saturated rings. The van der Waals surface area contributed by atoms with Crippen LogP contribution in [-0.4, -0.2) is 11.5 Å². The zero-order chi connectivity index (χ0) is 11.4. The Labute approximate surface area is 94.5 Å². The summed E-state index contributed by atoms with van der Waals surface area (Å²) in [6.07, 6.45) is 5.95. The zero-order valence-corrected chi connectivity index (χ0v) is 9.40. The Balaban J connectivity index is 2.18. The van der Waals surface area contributed by atoms with Crippen molar-refractivity contribution in [3.63, 3.8) is 0 Å². The first kappa shape index (κ1) is 11.0. The maximum atomic E-state index is 5.65. The minimum atomic E-state index is 0.656. The van der Waals surface area contributed by atoms with E-state index in [1.54, 1.807) is 12.5 Å². The second kappa shape index (κ2) is 4.99. The monoisotopic (exact) mass is 220 g/mol. The van der Waals surface area contributed by atoms with Crippen LogP contribution < -0.4 is 5.73 Å². The molecule has 2 aromatic rings. The van der Waals surface area contributed by atoms with E-state index in [1.807, 2.05) is 13.0 Å². The Morgan fingerprint density at radius 2 is 2.31 bits per heavy atom. The van der Waals surface area contributed by atoms with Crippen LogP contribution in [-0.2, 0) is 12.8 Å². The lowest BCUT2D eigenvalue weighted by molar-refractivity contribution is 0.492. The SMILES string of the molecule is CCc1occc1-c1cnc(CCCN)o1. The Kier molecular flexibility index (Phi) is 3.41. The maximum absolute atomic E-state index is 5.65. The largest absolute Gasteiger partial charge is 0.469 e. The molecule has 0 atom stereocenters. The van der Waals surface area contributed by atoms with Crippen LogP contribution in [0.25, 0.3) is 11.3 Å². The van der Waals surface area contributed by atoms with E-state index >= 15 is 0 Å². The molecule has 16 heavy (non-hydrogen) atoms. The molecule has 0 bridgehead atoms. The van der Waals surface area contributed by atoms with Crippen molar-refractivity contribution in [2.24, 2.45) is 5.73 Å². The highest BCUT2D eigenvalue weighted by Crippen LogP contribution is 2.26. The molecule has 2 aromatic heterocycles. The van der Waals surface area contributed by atoms with Crippen LogP contribution in [0.15, 0.2) is 27.4 Å². The van der Waals surface area contributed by atoms with Gasteiger partial charge in [0.1, 0.15) is 5.76 Å². The van der Waals surface area contributed by atoms with Gasteiger partial charge in [0.2, 0.25) is 0 Å². The average Bonchev–Trinajstić information content (AvgIpc) is 2.94. The van der Waals surface area contributed by atoms with Crippen molar-refractivity contribution in [2.75, 3.05) is 6.54 Å². The van der Waals surface area contributed by atoms with Crippen LogP contribution in [0.3, 0.4) is 0 Å². The summed E-state index contributed by atoms with van der Waals surface area (Å²) in [4.78, 5) is 4.22. The van der Waals surface area contributed by atoms with E-state index < -0.39 is 0 Å². The summed E-state index contributed by atoms with van der Waals surface area (Å²) in [6.45, 7) is 2.71. The van der Waals surface area contributed by atoms with Gasteiger partial charge in [-0.3, -0.25) is 0 Å². The summed E-state index contributed by atoms with van der Waals surface area (Å²) in [5, 5.41) is 0.